The molecule has 0 saturated carbocycles. The molecule has 3 nitrogen and oxygen atoms in total. The number of hydrogen-bond acceptors (Lipinski definition) is 3. The van der Waals surface area contributed by atoms with Crippen molar-refractivity contribution in [2.24, 2.45) is 0 Å². The van der Waals surface area contributed by atoms with Gasteiger partial charge in [0.15, 0.2) is 11.6 Å². The van der Waals surface area contributed by atoms with Gasteiger partial charge in [-0.05, 0) is 25.0 Å². The van der Waals surface area contributed by atoms with Crippen LogP contribution >= 0.6 is 11.6 Å². The van der Waals surface area contributed by atoms with Crippen molar-refractivity contribution in [2.45, 2.75) is 18.9 Å². The first-order valence-corrected chi connectivity index (χ1v) is 6.53. The first kappa shape index (κ1) is 13.6. The van der Waals surface area contributed by atoms with E-state index >= 15 is 0 Å². The van der Waals surface area contributed by atoms with Crippen LogP contribution in [-0.2, 0) is 4.74 Å². The molecule has 0 aromatic heterocycles. The molecule has 5 heteroatoms. The third kappa shape index (κ3) is 3.83. The van der Waals surface area contributed by atoms with Crippen LogP contribution < -0.4 is 10.1 Å². The minimum atomic E-state index is -0.495. The van der Waals surface area contributed by atoms with Gasteiger partial charge in [-0.2, -0.15) is 0 Å². The molecule has 0 bridgehead atoms. The minimum Gasteiger partial charge on any atom is -0.489 e. The monoisotopic (exact) mass is 273 g/mol. The van der Waals surface area contributed by atoms with Crippen molar-refractivity contribution in [3.63, 3.8) is 0 Å². The van der Waals surface area contributed by atoms with Crippen LogP contribution in [-0.4, -0.2) is 32.4 Å². The SMILES string of the molecule is Fc1c(Cl)cccc1OCCNC1CCOCC1. The van der Waals surface area contributed by atoms with Crippen molar-refractivity contribution in [1.82, 2.24) is 5.32 Å². The van der Waals surface area contributed by atoms with Gasteiger partial charge < -0.3 is 14.8 Å². The highest BCUT2D eigenvalue weighted by Crippen LogP contribution is 2.23. The molecule has 0 spiro atoms. The van der Waals surface area contributed by atoms with Gasteiger partial charge in [0, 0.05) is 25.8 Å². The molecule has 0 unspecified atom stereocenters. The summed E-state index contributed by atoms with van der Waals surface area (Å²) in [5.41, 5.74) is 0. The summed E-state index contributed by atoms with van der Waals surface area (Å²) in [5, 5.41) is 3.45. The van der Waals surface area contributed by atoms with Crippen LogP contribution in [0.5, 0.6) is 5.75 Å². The van der Waals surface area contributed by atoms with Crippen LogP contribution in [0, 0.1) is 5.82 Å². The Balaban J connectivity index is 1.70. The van der Waals surface area contributed by atoms with Gasteiger partial charge in [0.2, 0.25) is 0 Å². The average molecular weight is 274 g/mol. The van der Waals surface area contributed by atoms with Crippen LogP contribution in [0.3, 0.4) is 0 Å². The predicted molar refractivity (Wildman–Crippen MR) is 68.7 cm³/mol. The van der Waals surface area contributed by atoms with Gasteiger partial charge in [-0.25, -0.2) is 4.39 Å². The number of hydrogen-bond donors (Lipinski definition) is 1. The highest BCUT2D eigenvalue weighted by molar-refractivity contribution is 6.30. The Morgan fingerprint density at radius 2 is 2.17 bits per heavy atom. The first-order chi connectivity index (χ1) is 8.77. The standard InChI is InChI=1S/C13H17ClFNO2/c14-11-2-1-3-12(13(11)15)18-9-6-16-10-4-7-17-8-5-10/h1-3,10,16H,4-9H2. The Kier molecular flexibility index (Phi) is 5.23. The van der Waals surface area contributed by atoms with Crippen LogP contribution in [0.1, 0.15) is 12.8 Å². The van der Waals surface area contributed by atoms with Crippen LogP contribution in [0.2, 0.25) is 5.02 Å². The smallest absolute Gasteiger partial charge is 0.183 e. The topological polar surface area (TPSA) is 30.5 Å². The van der Waals surface area contributed by atoms with E-state index in [0.29, 0.717) is 19.2 Å². The maximum absolute atomic E-state index is 13.5. The Hall–Kier alpha value is -0.840. The summed E-state index contributed by atoms with van der Waals surface area (Å²) in [6, 6.07) is 5.23. The molecule has 1 fully saturated rings. The van der Waals surface area contributed by atoms with Crippen molar-refractivity contribution < 1.29 is 13.9 Å². The zero-order valence-electron chi connectivity index (χ0n) is 10.1. The molecule has 0 amide bonds. The van der Waals surface area contributed by atoms with E-state index in [2.05, 4.69) is 5.32 Å². The van der Waals surface area contributed by atoms with Gasteiger partial charge in [0.1, 0.15) is 6.61 Å². The first-order valence-electron chi connectivity index (χ1n) is 6.15. The second-order valence-electron chi connectivity index (χ2n) is 4.24. The molecule has 2 rings (SSSR count). The zero-order chi connectivity index (χ0) is 12.8. The Labute approximate surface area is 111 Å². The van der Waals surface area contributed by atoms with E-state index in [1.807, 2.05) is 0 Å². The minimum absolute atomic E-state index is 0.0879. The number of benzene rings is 1. The summed E-state index contributed by atoms with van der Waals surface area (Å²) in [6.07, 6.45) is 2.04. The molecule has 1 aromatic rings. The van der Waals surface area contributed by atoms with Crippen molar-refractivity contribution in [3.05, 3.63) is 29.0 Å². The molecule has 1 aliphatic rings. The van der Waals surface area contributed by atoms with Gasteiger partial charge in [-0.1, -0.05) is 17.7 Å². The molecule has 1 saturated heterocycles. The third-order valence-electron chi connectivity index (χ3n) is 2.93. The third-order valence-corrected chi connectivity index (χ3v) is 3.22. The Bertz CT molecular complexity index is 383. The second-order valence-corrected chi connectivity index (χ2v) is 4.65. The molecule has 0 radical (unpaired) electrons. The van der Waals surface area contributed by atoms with Crippen LogP contribution in [0.4, 0.5) is 4.39 Å². The molecule has 18 heavy (non-hydrogen) atoms. The van der Waals surface area contributed by atoms with E-state index < -0.39 is 5.82 Å². The lowest BCUT2D eigenvalue weighted by Gasteiger charge is -2.23. The molecule has 0 atom stereocenters. The van der Waals surface area contributed by atoms with Gasteiger partial charge in [0.05, 0.1) is 5.02 Å². The van der Waals surface area contributed by atoms with E-state index in [0.717, 1.165) is 26.1 Å². The van der Waals surface area contributed by atoms with E-state index in [4.69, 9.17) is 21.1 Å². The zero-order valence-corrected chi connectivity index (χ0v) is 10.9. The van der Waals surface area contributed by atoms with Gasteiger partial charge >= 0.3 is 0 Å². The molecule has 1 heterocycles. The summed E-state index contributed by atoms with van der Waals surface area (Å²) in [4.78, 5) is 0. The van der Waals surface area contributed by atoms with E-state index in [9.17, 15) is 4.39 Å². The predicted octanol–water partition coefficient (Wildman–Crippen LogP) is 2.63. The maximum atomic E-state index is 13.5. The number of nitrogens with one attached hydrogen (secondary N) is 1. The Morgan fingerprint density at radius 3 is 2.94 bits per heavy atom. The second kappa shape index (κ2) is 6.92. The fraction of sp³-hybridized carbons (Fsp3) is 0.538. The van der Waals surface area contributed by atoms with Gasteiger partial charge in [-0.3, -0.25) is 0 Å². The lowest BCUT2D eigenvalue weighted by Crippen LogP contribution is -2.37. The quantitative estimate of drug-likeness (QED) is 0.837. The van der Waals surface area contributed by atoms with Crippen LogP contribution in [0.15, 0.2) is 18.2 Å². The largest absolute Gasteiger partial charge is 0.489 e. The normalized spacial score (nSPS) is 16.8. The number of halogens is 2. The van der Waals surface area contributed by atoms with Gasteiger partial charge in [0.25, 0.3) is 0 Å². The average Bonchev–Trinajstić information content (AvgIpc) is 2.40. The number of rotatable bonds is 5. The summed E-state index contributed by atoms with van der Waals surface area (Å²) in [6.45, 7) is 2.73. The van der Waals surface area contributed by atoms with Crippen molar-refractivity contribution in [2.75, 3.05) is 26.4 Å². The summed E-state index contributed by atoms with van der Waals surface area (Å²) in [5.74, 6) is -0.290. The lowest BCUT2D eigenvalue weighted by atomic mass is 10.1. The molecule has 1 aliphatic heterocycles. The highest BCUT2D eigenvalue weighted by Gasteiger charge is 2.12. The summed E-state index contributed by atoms with van der Waals surface area (Å²) < 4.78 is 24.1. The van der Waals surface area contributed by atoms with Crippen LogP contribution in [0.25, 0.3) is 0 Å². The van der Waals surface area contributed by atoms with E-state index in [1.165, 1.54) is 6.07 Å². The maximum Gasteiger partial charge on any atom is 0.183 e. The molecule has 0 aliphatic carbocycles. The molecular weight excluding hydrogens is 257 g/mol. The fourth-order valence-corrected chi connectivity index (χ4v) is 2.09. The van der Waals surface area contributed by atoms with Crippen molar-refractivity contribution >= 4 is 11.6 Å². The van der Waals surface area contributed by atoms with Crippen molar-refractivity contribution in [1.29, 1.82) is 0 Å². The number of ether oxygens (including phenoxy) is 2. The summed E-state index contributed by atoms with van der Waals surface area (Å²) >= 11 is 5.66. The lowest BCUT2D eigenvalue weighted by molar-refractivity contribution is 0.0770. The molecule has 1 aromatic carbocycles. The highest BCUT2D eigenvalue weighted by atomic mass is 35.5. The fourth-order valence-electron chi connectivity index (χ4n) is 1.92. The molecule has 100 valence electrons. The summed E-state index contributed by atoms with van der Waals surface area (Å²) in [7, 11) is 0. The van der Waals surface area contributed by atoms with Gasteiger partial charge in [-0.15, -0.1) is 0 Å². The Morgan fingerprint density at radius 1 is 1.39 bits per heavy atom. The molecular formula is C13H17ClFNO2. The van der Waals surface area contributed by atoms with E-state index in [1.54, 1.807) is 12.1 Å². The van der Waals surface area contributed by atoms with Crippen molar-refractivity contribution in [3.8, 4) is 5.75 Å². The molecule has 1 N–H and O–H groups in total. The van der Waals surface area contributed by atoms with E-state index in [-0.39, 0.29) is 10.8 Å².